The molecule has 0 bridgehead atoms. The summed E-state index contributed by atoms with van der Waals surface area (Å²) in [6, 6.07) is 0. The standard InChI is InChI=1S/C8H14N2/c1-4-5-8-7(2)10(3)6-9-8/h6H,4-5H2,1-3H3. The second kappa shape index (κ2) is 2.86. The molecule has 0 aliphatic heterocycles. The number of aromatic nitrogens is 2. The second-order valence-electron chi connectivity index (χ2n) is 2.64. The van der Waals surface area contributed by atoms with Crippen molar-refractivity contribution in [3.63, 3.8) is 0 Å². The van der Waals surface area contributed by atoms with Crippen LogP contribution in [0.2, 0.25) is 0 Å². The van der Waals surface area contributed by atoms with Gasteiger partial charge in [-0.3, -0.25) is 0 Å². The fraction of sp³-hybridized carbons (Fsp3) is 0.625. The van der Waals surface area contributed by atoms with Crippen LogP contribution >= 0.6 is 0 Å². The normalized spacial score (nSPS) is 10.3. The van der Waals surface area contributed by atoms with Gasteiger partial charge in [0.15, 0.2) is 0 Å². The lowest BCUT2D eigenvalue weighted by molar-refractivity contribution is 0.848. The Morgan fingerprint density at radius 3 is 2.70 bits per heavy atom. The molecule has 1 heterocycles. The SMILES string of the molecule is CCCc1ncn(C)c1C. The number of hydrogen-bond acceptors (Lipinski definition) is 1. The summed E-state index contributed by atoms with van der Waals surface area (Å²) in [6.07, 6.45) is 4.16. The number of aryl methyl sites for hydroxylation is 2. The Bertz CT molecular complexity index is 213. The first-order chi connectivity index (χ1) is 4.75. The molecule has 0 N–H and O–H groups in total. The maximum Gasteiger partial charge on any atom is 0.0948 e. The van der Waals surface area contributed by atoms with Gasteiger partial charge in [0.1, 0.15) is 0 Å². The zero-order valence-electron chi connectivity index (χ0n) is 6.89. The summed E-state index contributed by atoms with van der Waals surface area (Å²) in [5.41, 5.74) is 2.53. The third-order valence-electron chi connectivity index (χ3n) is 1.82. The highest BCUT2D eigenvalue weighted by molar-refractivity contribution is 5.10. The molecule has 1 aromatic heterocycles. The number of hydrogen-bond donors (Lipinski definition) is 0. The highest BCUT2D eigenvalue weighted by Gasteiger charge is 2.00. The Kier molecular flexibility index (Phi) is 2.10. The number of imidazole rings is 1. The topological polar surface area (TPSA) is 17.8 Å². The van der Waals surface area contributed by atoms with Crippen LogP contribution in [0.3, 0.4) is 0 Å². The first kappa shape index (κ1) is 7.32. The van der Waals surface area contributed by atoms with E-state index < -0.39 is 0 Å². The lowest BCUT2D eigenvalue weighted by Gasteiger charge is -1.95. The molecule has 0 unspecified atom stereocenters. The molecule has 0 aliphatic rings. The zero-order chi connectivity index (χ0) is 7.56. The molecule has 0 saturated carbocycles. The van der Waals surface area contributed by atoms with Crippen LogP contribution in [0.15, 0.2) is 6.33 Å². The molecule has 2 heteroatoms. The Balaban J connectivity index is 2.83. The molecule has 0 radical (unpaired) electrons. The first-order valence-electron chi connectivity index (χ1n) is 3.72. The van der Waals surface area contributed by atoms with Crippen LogP contribution in [0.4, 0.5) is 0 Å². The van der Waals surface area contributed by atoms with Crippen molar-refractivity contribution in [3.8, 4) is 0 Å². The maximum atomic E-state index is 4.27. The van der Waals surface area contributed by atoms with Crippen molar-refractivity contribution in [3.05, 3.63) is 17.7 Å². The minimum Gasteiger partial charge on any atom is -0.338 e. The maximum absolute atomic E-state index is 4.27. The van der Waals surface area contributed by atoms with E-state index in [9.17, 15) is 0 Å². The van der Waals surface area contributed by atoms with Crippen molar-refractivity contribution < 1.29 is 0 Å². The first-order valence-corrected chi connectivity index (χ1v) is 3.72. The van der Waals surface area contributed by atoms with Gasteiger partial charge in [-0.15, -0.1) is 0 Å². The van der Waals surface area contributed by atoms with E-state index in [1.807, 2.05) is 13.4 Å². The van der Waals surface area contributed by atoms with Crippen LogP contribution < -0.4 is 0 Å². The number of rotatable bonds is 2. The molecular weight excluding hydrogens is 124 g/mol. The number of nitrogens with zero attached hydrogens (tertiary/aromatic N) is 2. The van der Waals surface area contributed by atoms with Crippen LogP contribution in [0.1, 0.15) is 24.7 Å². The summed E-state index contributed by atoms with van der Waals surface area (Å²) in [4.78, 5) is 4.27. The third kappa shape index (κ3) is 1.20. The molecule has 0 atom stereocenters. The van der Waals surface area contributed by atoms with Crippen molar-refractivity contribution >= 4 is 0 Å². The van der Waals surface area contributed by atoms with E-state index in [2.05, 4.69) is 23.4 Å². The molecule has 0 aromatic carbocycles. The minimum atomic E-state index is 1.10. The molecule has 0 spiro atoms. The monoisotopic (exact) mass is 138 g/mol. The predicted molar refractivity (Wildman–Crippen MR) is 41.9 cm³/mol. The quantitative estimate of drug-likeness (QED) is 0.608. The average molecular weight is 138 g/mol. The van der Waals surface area contributed by atoms with E-state index in [0.717, 1.165) is 6.42 Å². The third-order valence-corrected chi connectivity index (χ3v) is 1.82. The summed E-state index contributed by atoms with van der Waals surface area (Å²) in [7, 11) is 2.03. The highest BCUT2D eigenvalue weighted by atomic mass is 15.0. The lowest BCUT2D eigenvalue weighted by atomic mass is 10.2. The van der Waals surface area contributed by atoms with E-state index in [0.29, 0.717) is 0 Å². The van der Waals surface area contributed by atoms with Gasteiger partial charge in [-0.1, -0.05) is 13.3 Å². The summed E-state index contributed by atoms with van der Waals surface area (Å²) in [5.74, 6) is 0. The molecule has 0 aliphatic carbocycles. The minimum absolute atomic E-state index is 1.10. The van der Waals surface area contributed by atoms with E-state index >= 15 is 0 Å². The van der Waals surface area contributed by atoms with Gasteiger partial charge in [0, 0.05) is 12.7 Å². The smallest absolute Gasteiger partial charge is 0.0948 e. The van der Waals surface area contributed by atoms with Gasteiger partial charge in [-0.05, 0) is 13.3 Å². The Morgan fingerprint density at radius 2 is 2.30 bits per heavy atom. The van der Waals surface area contributed by atoms with Crippen molar-refractivity contribution in [1.29, 1.82) is 0 Å². The Hall–Kier alpha value is -0.790. The summed E-state index contributed by atoms with van der Waals surface area (Å²) in [5, 5.41) is 0. The zero-order valence-corrected chi connectivity index (χ0v) is 6.89. The van der Waals surface area contributed by atoms with Crippen molar-refractivity contribution in [2.45, 2.75) is 26.7 Å². The van der Waals surface area contributed by atoms with Crippen molar-refractivity contribution in [1.82, 2.24) is 9.55 Å². The largest absolute Gasteiger partial charge is 0.338 e. The van der Waals surface area contributed by atoms with E-state index in [1.54, 1.807) is 0 Å². The molecule has 0 saturated heterocycles. The molecular formula is C8H14N2. The average Bonchev–Trinajstić information content (AvgIpc) is 2.20. The Labute approximate surface area is 61.9 Å². The fourth-order valence-corrected chi connectivity index (χ4v) is 1.02. The van der Waals surface area contributed by atoms with Gasteiger partial charge in [0.05, 0.1) is 12.0 Å². The summed E-state index contributed by atoms with van der Waals surface area (Å²) in [6.45, 7) is 4.28. The molecule has 1 rings (SSSR count). The molecule has 56 valence electrons. The van der Waals surface area contributed by atoms with Crippen molar-refractivity contribution in [2.24, 2.45) is 7.05 Å². The van der Waals surface area contributed by atoms with Crippen LogP contribution in [-0.4, -0.2) is 9.55 Å². The predicted octanol–water partition coefficient (Wildman–Crippen LogP) is 1.68. The van der Waals surface area contributed by atoms with Crippen LogP contribution in [0.25, 0.3) is 0 Å². The van der Waals surface area contributed by atoms with Crippen LogP contribution in [0, 0.1) is 6.92 Å². The van der Waals surface area contributed by atoms with Gasteiger partial charge in [0.25, 0.3) is 0 Å². The molecule has 1 aromatic rings. The Morgan fingerprint density at radius 1 is 1.60 bits per heavy atom. The van der Waals surface area contributed by atoms with Gasteiger partial charge < -0.3 is 4.57 Å². The van der Waals surface area contributed by atoms with E-state index in [1.165, 1.54) is 17.8 Å². The van der Waals surface area contributed by atoms with E-state index in [-0.39, 0.29) is 0 Å². The fourth-order valence-electron chi connectivity index (χ4n) is 1.02. The molecule has 0 amide bonds. The lowest BCUT2D eigenvalue weighted by Crippen LogP contribution is -1.91. The summed E-state index contributed by atoms with van der Waals surface area (Å²) < 4.78 is 2.06. The van der Waals surface area contributed by atoms with Crippen LogP contribution in [0.5, 0.6) is 0 Å². The molecule has 2 nitrogen and oxygen atoms in total. The summed E-state index contributed by atoms with van der Waals surface area (Å²) >= 11 is 0. The molecule has 0 fully saturated rings. The van der Waals surface area contributed by atoms with Gasteiger partial charge in [-0.2, -0.15) is 0 Å². The second-order valence-corrected chi connectivity index (χ2v) is 2.64. The highest BCUT2D eigenvalue weighted by Crippen LogP contribution is 2.05. The van der Waals surface area contributed by atoms with E-state index in [4.69, 9.17) is 0 Å². The van der Waals surface area contributed by atoms with Gasteiger partial charge in [-0.25, -0.2) is 4.98 Å². The van der Waals surface area contributed by atoms with Crippen molar-refractivity contribution in [2.75, 3.05) is 0 Å². The van der Waals surface area contributed by atoms with Crippen LogP contribution in [-0.2, 0) is 13.5 Å². The van der Waals surface area contributed by atoms with Gasteiger partial charge >= 0.3 is 0 Å². The van der Waals surface area contributed by atoms with Gasteiger partial charge in [0.2, 0.25) is 0 Å². The molecule has 10 heavy (non-hydrogen) atoms.